The highest BCUT2D eigenvalue weighted by molar-refractivity contribution is 5.77. The molecular weight excluding hydrogens is 326 g/mol. The Labute approximate surface area is 158 Å². The highest BCUT2D eigenvalue weighted by Gasteiger charge is 2.27. The van der Waals surface area contributed by atoms with Gasteiger partial charge in [0.25, 0.3) is 5.91 Å². The molecule has 5 heteroatoms. The molecule has 1 amide bonds. The van der Waals surface area contributed by atoms with E-state index in [2.05, 4.69) is 32.2 Å². The SMILES string of the molecule is Cc1cc(O)c(C[NH+]2CC[NH+](CC(=O)NC(C)(C)C)CC2)cc1C(C)C. The van der Waals surface area contributed by atoms with Gasteiger partial charge >= 0.3 is 0 Å². The number of phenols is 1. The molecule has 0 bridgehead atoms. The lowest BCUT2D eigenvalue weighted by atomic mass is 9.95. The molecule has 1 aromatic carbocycles. The predicted molar refractivity (Wildman–Crippen MR) is 105 cm³/mol. The van der Waals surface area contributed by atoms with E-state index in [4.69, 9.17) is 0 Å². The molecule has 1 aliphatic rings. The van der Waals surface area contributed by atoms with Gasteiger partial charge in [0.05, 0.1) is 0 Å². The highest BCUT2D eigenvalue weighted by Crippen LogP contribution is 2.26. The van der Waals surface area contributed by atoms with Crippen LogP contribution in [-0.4, -0.2) is 49.3 Å². The summed E-state index contributed by atoms with van der Waals surface area (Å²) in [6, 6.07) is 4.08. The van der Waals surface area contributed by atoms with Crippen LogP contribution >= 0.6 is 0 Å². The fourth-order valence-electron chi connectivity index (χ4n) is 3.79. The van der Waals surface area contributed by atoms with Gasteiger partial charge in [-0.15, -0.1) is 0 Å². The van der Waals surface area contributed by atoms with E-state index in [1.807, 2.05) is 26.8 Å². The number of hydrogen-bond acceptors (Lipinski definition) is 2. The van der Waals surface area contributed by atoms with Crippen molar-refractivity contribution in [3.63, 3.8) is 0 Å². The Bertz CT molecular complexity index is 627. The maximum Gasteiger partial charge on any atom is 0.275 e. The monoisotopic (exact) mass is 363 g/mol. The van der Waals surface area contributed by atoms with Crippen LogP contribution in [0.25, 0.3) is 0 Å². The van der Waals surface area contributed by atoms with Crippen LogP contribution in [0.15, 0.2) is 12.1 Å². The summed E-state index contributed by atoms with van der Waals surface area (Å²) in [6.07, 6.45) is 0. The van der Waals surface area contributed by atoms with E-state index < -0.39 is 0 Å². The fraction of sp³-hybridized carbons (Fsp3) is 0.667. The van der Waals surface area contributed by atoms with Crippen molar-refractivity contribution in [1.29, 1.82) is 0 Å². The normalized spacial score (nSPS) is 21.0. The third-order valence-electron chi connectivity index (χ3n) is 5.12. The Balaban J connectivity index is 1.89. The van der Waals surface area contributed by atoms with Crippen molar-refractivity contribution >= 4 is 5.91 Å². The molecular formula is C21H37N3O2+2. The molecule has 2 rings (SSSR count). The highest BCUT2D eigenvalue weighted by atomic mass is 16.3. The summed E-state index contributed by atoms with van der Waals surface area (Å²) in [7, 11) is 0. The number of aryl methyl sites for hydroxylation is 1. The zero-order valence-electron chi connectivity index (χ0n) is 17.3. The van der Waals surface area contributed by atoms with Crippen molar-refractivity contribution in [2.75, 3.05) is 32.7 Å². The van der Waals surface area contributed by atoms with Crippen molar-refractivity contribution in [3.05, 3.63) is 28.8 Å². The van der Waals surface area contributed by atoms with Gasteiger partial charge in [-0.1, -0.05) is 13.8 Å². The first-order valence-electron chi connectivity index (χ1n) is 9.85. The van der Waals surface area contributed by atoms with Crippen molar-refractivity contribution in [1.82, 2.24) is 5.32 Å². The molecule has 146 valence electrons. The molecule has 1 heterocycles. The average molecular weight is 364 g/mol. The molecule has 26 heavy (non-hydrogen) atoms. The number of nitrogens with one attached hydrogen (secondary N) is 3. The second-order valence-electron chi connectivity index (χ2n) is 9.14. The van der Waals surface area contributed by atoms with Gasteiger partial charge in [0, 0.05) is 11.1 Å². The number of aromatic hydroxyl groups is 1. The summed E-state index contributed by atoms with van der Waals surface area (Å²) in [5, 5.41) is 13.4. The van der Waals surface area contributed by atoms with Crippen LogP contribution in [0.4, 0.5) is 0 Å². The largest absolute Gasteiger partial charge is 0.507 e. The number of amides is 1. The second-order valence-corrected chi connectivity index (χ2v) is 9.14. The number of rotatable bonds is 5. The predicted octanol–water partition coefficient (Wildman–Crippen LogP) is 0.0221. The summed E-state index contributed by atoms with van der Waals surface area (Å²) < 4.78 is 0. The van der Waals surface area contributed by atoms with Gasteiger partial charge in [0.15, 0.2) is 6.54 Å². The zero-order valence-corrected chi connectivity index (χ0v) is 17.3. The van der Waals surface area contributed by atoms with Gasteiger partial charge in [-0.25, -0.2) is 0 Å². The maximum absolute atomic E-state index is 12.1. The fourth-order valence-corrected chi connectivity index (χ4v) is 3.79. The molecule has 1 aliphatic heterocycles. The number of hydrogen-bond donors (Lipinski definition) is 4. The lowest BCUT2D eigenvalue weighted by Gasteiger charge is -2.30. The minimum Gasteiger partial charge on any atom is -0.507 e. The van der Waals surface area contributed by atoms with Gasteiger partial charge in [0.1, 0.15) is 38.5 Å². The molecule has 4 N–H and O–H groups in total. The molecule has 0 aliphatic carbocycles. The van der Waals surface area contributed by atoms with Crippen LogP contribution in [0.1, 0.15) is 57.2 Å². The minimum atomic E-state index is -0.166. The Morgan fingerprint density at radius 2 is 1.73 bits per heavy atom. The number of phenolic OH excluding ortho intramolecular Hbond substituents is 1. The summed E-state index contributed by atoms with van der Waals surface area (Å²) in [5.74, 6) is 1.01. The number of carbonyl (C=O) groups excluding carboxylic acids is 1. The van der Waals surface area contributed by atoms with Crippen LogP contribution in [0.3, 0.4) is 0 Å². The van der Waals surface area contributed by atoms with Gasteiger partial charge in [-0.3, -0.25) is 4.79 Å². The summed E-state index contributed by atoms with van der Waals surface area (Å²) in [6.45, 7) is 18.0. The first-order valence-corrected chi connectivity index (χ1v) is 9.85. The van der Waals surface area contributed by atoms with Crippen molar-refractivity contribution < 1.29 is 19.7 Å². The molecule has 1 aromatic rings. The van der Waals surface area contributed by atoms with Crippen LogP contribution in [0.5, 0.6) is 5.75 Å². The Kier molecular flexibility index (Phi) is 6.69. The lowest BCUT2D eigenvalue weighted by Crippen LogP contribution is -3.28. The van der Waals surface area contributed by atoms with Crippen molar-refractivity contribution in [2.45, 2.75) is 59.5 Å². The molecule has 0 unspecified atom stereocenters. The molecule has 0 atom stereocenters. The van der Waals surface area contributed by atoms with E-state index in [9.17, 15) is 9.90 Å². The summed E-state index contributed by atoms with van der Waals surface area (Å²) in [5.41, 5.74) is 3.36. The third-order valence-corrected chi connectivity index (χ3v) is 5.12. The van der Waals surface area contributed by atoms with E-state index in [-0.39, 0.29) is 11.4 Å². The average Bonchev–Trinajstić information content (AvgIpc) is 2.49. The van der Waals surface area contributed by atoms with E-state index in [1.165, 1.54) is 15.4 Å². The van der Waals surface area contributed by atoms with Gasteiger partial charge in [0.2, 0.25) is 0 Å². The van der Waals surface area contributed by atoms with E-state index in [1.54, 1.807) is 0 Å². The summed E-state index contributed by atoms with van der Waals surface area (Å²) >= 11 is 0. The van der Waals surface area contributed by atoms with Crippen LogP contribution in [0, 0.1) is 6.92 Å². The van der Waals surface area contributed by atoms with E-state index >= 15 is 0 Å². The van der Waals surface area contributed by atoms with Crippen molar-refractivity contribution in [2.24, 2.45) is 0 Å². The minimum absolute atomic E-state index is 0.133. The zero-order chi connectivity index (χ0) is 19.5. The molecule has 0 spiro atoms. The molecule has 1 fully saturated rings. The Morgan fingerprint density at radius 1 is 1.15 bits per heavy atom. The molecule has 0 saturated carbocycles. The number of piperazine rings is 1. The Morgan fingerprint density at radius 3 is 2.27 bits per heavy atom. The lowest BCUT2D eigenvalue weighted by molar-refractivity contribution is -1.02. The molecule has 1 saturated heterocycles. The van der Waals surface area contributed by atoms with Crippen LogP contribution in [0.2, 0.25) is 0 Å². The van der Waals surface area contributed by atoms with Gasteiger partial charge in [-0.2, -0.15) is 0 Å². The smallest absolute Gasteiger partial charge is 0.275 e. The third kappa shape index (κ3) is 5.99. The quantitative estimate of drug-likeness (QED) is 0.596. The number of carbonyl (C=O) groups is 1. The first kappa shape index (κ1) is 20.7. The maximum atomic E-state index is 12.1. The van der Waals surface area contributed by atoms with E-state index in [0.717, 1.165) is 43.9 Å². The second kappa shape index (κ2) is 8.40. The Hall–Kier alpha value is -1.59. The molecule has 0 aromatic heterocycles. The number of benzene rings is 1. The van der Waals surface area contributed by atoms with Gasteiger partial charge in [-0.05, 0) is 56.9 Å². The van der Waals surface area contributed by atoms with Gasteiger partial charge < -0.3 is 20.2 Å². The number of quaternary nitrogens is 2. The summed E-state index contributed by atoms with van der Waals surface area (Å²) in [4.78, 5) is 14.9. The standard InChI is InChI=1S/C21H35N3O2/c1-15(2)18-12-17(19(25)11-16(18)3)13-23-7-9-24(10-8-23)14-20(26)22-21(4,5)6/h11-12,15,25H,7-10,13-14H2,1-6H3,(H,22,26)/p+2. The van der Waals surface area contributed by atoms with Crippen molar-refractivity contribution in [3.8, 4) is 5.75 Å². The van der Waals surface area contributed by atoms with Crippen LogP contribution < -0.4 is 15.1 Å². The van der Waals surface area contributed by atoms with Crippen LogP contribution in [-0.2, 0) is 11.3 Å². The molecule has 5 nitrogen and oxygen atoms in total. The topological polar surface area (TPSA) is 58.2 Å². The van der Waals surface area contributed by atoms with E-state index in [0.29, 0.717) is 18.2 Å². The first-order chi connectivity index (χ1) is 12.0. The molecule has 0 radical (unpaired) electrons.